The summed E-state index contributed by atoms with van der Waals surface area (Å²) in [5.74, 6) is 1.27. The zero-order valence-corrected chi connectivity index (χ0v) is 18.4. The van der Waals surface area contributed by atoms with Crippen LogP contribution in [-0.4, -0.2) is 21.8 Å². The van der Waals surface area contributed by atoms with Crippen LogP contribution in [0.15, 0.2) is 47.6 Å². The van der Waals surface area contributed by atoms with E-state index in [1.807, 2.05) is 0 Å². The minimum Gasteiger partial charge on any atom is -0.411 e. The van der Waals surface area contributed by atoms with Gasteiger partial charge in [-0.05, 0) is 85.5 Å². The average Bonchev–Trinajstić information content (AvgIpc) is 3.09. The van der Waals surface area contributed by atoms with Crippen LogP contribution in [0.2, 0.25) is 0 Å². The van der Waals surface area contributed by atoms with Crippen molar-refractivity contribution < 1.29 is 14.4 Å². The summed E-state index contributed by atoms with van der Waals surface area (Å²) in [5, 5.41) is 16.3. The molecule has 0 spiro atoms. The Morgan fingerprint density at radius 2 is 2.09 bits per heavy atom. The smallest absolute Gasteiger partial charge is 0.225 e. The number of aromatic nitrogens is 1. The highest BCUT2D eigenvalue weighted by atomic mass is 19.1. The molecule has 6 heteroatoms. The second-order valence-electron chi connectivity index (χ2n) is 9.93. The predicted octanol–water partition coefficient (Wildman–Crippen LogP) is 5.55. The number of hydrogen-bond acceptors (Lipinski definition) is 4. The molecule has 1 amide bonds. The lowest BCUT2D eigenvalue weighted by atomic mass is 9.54. The van der Waals surface area contributed by atoms with Gasteiger partial charge in [0.1, 0.15) is 5.82 Å². The van der Waals surface area contributed by atoms with E-state index < -0.39 is 5.95 Å². The van der Waals surface area contributed by atoms with Gasteiger partial charge in [0.2, 0.25) is 11.9 Å². The van der Waals surface area contributed by atoms with E-state index in [2.05, 4.69) is 46.6 Å². The molecule has 5 rings (SSSR count). The van der Waals surface area contributed by atoms with Crippen LogP contribution in [0.4, 0.5) is 10.2 Å². The largest absolute Gasteiger partial charge is 0.411 e. The molecule has 2 N–H and O–H groups in total. The molecule has 0 aliphatic heterocycles. The van der Waals surface area contributed by atoms with Crippen molar-refractivity contribution in [3.63, 3.8) is 0 Å². The first kappa shape index (κ1) is 21.1. The third kappa shape index (κ3) is 3.59. The highest BCUT2D eigenvalue weighted by Gasteiger charge is 2.57. The molecule has 32 heavy (non-hydrogen) atoms. The van der Waals surface area contributed by atoms with Gasteiger partial charge in [0.15, 0.2) is 0 Å². The molecule has 3 aliphatic carbocycles. The van der Waals surface area contributed by atoms with Gasteiger partial charge in [0.25, 0.3) is 0 Å². The zero-order valence-electron chi connectivity index (χ0n) is 18.4. The third-order valence-electron chi connectivity index (χ3n) is 8.36. The Labute approximate surface area is 188 Å². The fourth-order valence-electron chi connectivity index (χ4n) is 7.02. The van der Waals surface area contributed by atoms with E-state index in [-0.39, 0.29) is 17.1 Å². The number of nitrogens with zero attached hydrogens (tertiary/aromatic N) is 2. The number of carbonyl (C=O) groups is 1. The van der Waals surface area contributed by atoms with Crippen LogP contribution < -0.4 is 5.32 Å². The summed E-state index contributed by atoms with van der Waals surface area (Å²) in [6.07, 6.45) is 6.20. The summed E-state index contributed by atoms with van der Waals surface area (Å²) >= 11 is 0. The molecule has 0 bridgehead atoms. The highest BCUT2D eigenvalue weighted by Crippen LogP contribution is 2.62. The van der Waals surface area contributed by atoms with Gasteiger partial charge in [-0.1, -0.05) is 42.4 Å². The van der Waals surface area contributed by atoms with E-state index in [0.717, 1.165) is 44.2 Å². The van der Waals surface area contributed by atoms with Crippen molar-refractivity contribution in [3.05, 3.63) is 59.5 Å². The molecule has 2 aromatic rings. The van der Waals surface area contributed by atoms with Gasteiger partial charge < -0.3 is 10.5 Å². The van der Waals surface area contributed by atoms with Crippen molar-refractivity contribution in [2.24, 2.45) is 28.3 Å². The van der Waals surface area contributed by atoms with Crippen molar-refractivity contribution in [1.82, 2.24) is 4.98 Å². The van der Waals surface area contributed by atoms with E-state index in [0.29, 0.717) is 30.1 Å². The van der Waals surface area contributed by atoms with Crippen molar-refractivity contribution in [3.8, 4) is 0 Å². The number of rotatable bonds is 4. The predicted molar refractivity (Wildman–Crippen MR) is 121 cm³/mol. The van der Waals surface area contributed by atoms with Gasteiger partial charge in [0.05, 0.1) is 5.71 Å². The van der Waals surface area contributed by atoms with Crippen molar-refractivity contribution in [2.45, 2.75) is 57.8 Å². The number of amides is 1. The van der Waals surface area contributed by atoms with Crippen molar-refractivity contribution in [2.75, 3.05) is 5.32 Å². The Kier molecular flexibility index (Phi) is 5.48. The van der Waals surface area contributed by atoms with E-state index >= 15 is 0 Å². The van der Waals surface area contributed by atoms with Crippen LogP contribution in [0, 0.1) is 29.1 Å². The Morgan fingerprint density at radius 1 is 1.25 bits per heavy atom. The summed E-state index contributed by atoms with van der Waals surface area (Å²) in [7, 11) is 0. The lowest BCUT2D eigenvalue weighted by molar-refractivity contribution is -0.116. The molecular weight excluding hydrogens is 405 g/mol. The molecule has 5 atom stereocenters. The number of halogens is 1. The van der Waals surface area contributed by atoms with Gasteiger partial charge in [-0.2, -0.15) is 4.39 Å². The molecule has 3 unspecified atom stereocenters. The fourth-order valence-corrected chi connectivity index (χ4v) is 7.02. The lowest BCUT2D eigenvalue weighted by Crippen LogP contribution is -2.44. The van der Waals surface area contributed by atoms with Gasteiger partial charge in [0, 0.05) is 11.8 Å². The fraction of sp³-hybridized carbons (Fsp3) is 0.500. The Morgan fingerprint density at radius 3 is 2.91 bits per heavy atom. The summed E-state index contributed by atoms with van der Waals surface area (Å²) in [6, 6.07) is 13.2. The summed E-state index contributed by atoms with van der Waals surface area (Å²) < 4.78 is 13.3. The third-order valence-corrected chi connectivity index (χ3v) is 8.36. The topological polar surface area (TPSA) is 74.6 Å². The number of hydrogen-bond donors (Lipinski definition) is 2. The van der Waals surface area contributed by atoms with E-state index in [4.69, 9.17) is 0 Å². The first-order valence-electron chi connectivity index (χ1n) is 11.7. The number of anilines is 1. The van der Waals surface area contributed by atoms with Crippen LogP contribution in [0.25, 0.3) is 0 Å². The Balaban J connectivity index is 1.34. The minimum atomic E-state index is -0.607. The van der Waals surface area contributed by atoms with Gasteiger partial charge in [-0.3, -0.25) is 4.79 Å². The van der Waals surface area contributed by atoms with Crippen LogP contribution in [0.1, 0.15) is 62.5 Å². The molecule has 168 valence electrons. The number of carbonyl (C=O) groups excluding carboxylic acids is 1. The highest BCUT2D eigenvalue weighted by molar-refractivity contribution is 5.93. The van der Waals surface area contributed by atoms with E-state index in [1.165, 1.54) is 23.3 Å². The van der Waals surface area contributed by atoms with Gasteiger partial charge in [-0.25, -0.2) is 4.98 Å². The van der Waals surface area contributed by atoms with Crippen LogP contribution in [-0.2, 0) is 11.2 Å². The maximum Gasteiger partial charge on any atom is 0.225 e. The minimum absolute atomic E-state index is 0.104. The molecule has 5 nitrogen and oxygen atoms in total. The van der Waals surface area contributed by atoms with Gasteiger partial charge >= 0.3 is 0 Å². The molecule has 1 heterocycles. The number of fused-ring (bicyclic) bond motifs is 5. The molecule has 2 saturated carbocycles. The van der Waals surface area contributed by atoms with Crippen LogP contribution in [0.3, 0.4) is 0 Å². The van der Waals surface area contributed by atoms with E-state index in [1.54, 1.807) is 6.07 Å². The number of benzene rings is 1. The van der Waals surface area contributed by atoms with Gasteiger partial charge in [-0.15, -0.1) is 0 Å². The molecular formula is C26H30FN3O2. The zero-order chi connectivity index (χ0) is 22.3. The first-order chi connectivity index (χ1) is 15.5. The van der Waals surface area contributed by atoms with Crippen LogP contribution in [0.5, 0.6) is 0 Å². The quantitative estimate of drug-likeness (QED) is 0.375. The Hall–Kier alpha value is -2.76. The standard InChI is InChI=1S/C26H30FN3O2/c1-26-14-13-19-18-6-3-2-5-16(18)9-11-20(19)25(26)17(15-21(26)30-32)10-12-24(31)29-23-8-4-7-22(27)28-23/h2-8,17,19-20,25,32H,9-15H2,1H3,(H,28,29,31)/b30-21+/t17-,19?,20?,25?,26-/m1/s1. The summed E-state index contributed by atoms with van der Waals surface area (Å²) in [5.41, 5.74) is 3.77. The Bertz CT molecular complexity index is 1050. The molecule has 2 fully saturated rings. The SMILES string of the molecule is C[C@]12CCC3c4ccccc4CCC3C1[C@H](CCC(=O)Nc1cccc(F)n1)C/C2=N\O. The molecule has 1 aromatic carbocycles. The number of nitrogens with one attached hydrogen (secondary N) is 1. The van der Waals surface area contributed by atoms with Crippen molar-refractivity contribution >= 4 is 17.4 Å². The first-order valence-corrected chi connectivity index (χ1v) is 11.7. The number of pyridine rings is 1. The summed E-state index contributed by atoms with van der Waals surface area (Å²) in [4.78, 5) is 16.3. The van der Waals surface area contributed by atoms with E-state index in [9.17, 15) is 14.4 Å². The number of aryl methyl sites for hydroxylation is 1. The average molecular weight is 436 g/mol. The molecule has 0 saturated heterocycles. The normalized spacial score (nSPS) is 32.1. The lowest BCUT2D eigenvalue weighted by Gasteiger charge is -2.50. The van der Waals surface area contributed by atoms with Crippen molar-refractivity contribution in [1.29, 1.82) is 0 Å². The maximum atomic E-state index is 13.3. The molecule has 1 aromatic heterocycles. The number of oxime groups is 1. The second-order valence-corrected chi connectivity index (χ2v) is 9.93. The second kappa shape index (κ2) is 8.30. The summed E-state index contributed by atoms with van der Waals surface area (Å²) in [6.45, 7) is 2.26. The molecule has 0 radical (unpaired) electrons. The van der Waals surface area contributed by atoms with Crippen LogP contribution >= 0.6 is 0 Å². The molecule has 3 aliphatic rings. The monoisotopic (exact) mass is 435 g/mol. The maximum absolute atomic E-state index is 13.3.